The molecule has 0 saturated carbocycles. The van der Waals surface area contributed by atoms with Gasteiger partial charge in [0.2, 0.25) is 5.92 Å². The van der Waals surface area contributed by atoms with Crippen LogP contribution in [0, 0.1) is 0 Å². The highest BCUT2D eigenvalue weighted by Gasteiger charge is 2.33. The smallest absolute Gasteiger partial charge is 0.341 e. The van der Waals surface area contributed by atoms with Crippen molar-refractivity contribution in [2.45, 2.75) is 25.2 Å². The van der Waals surface area contributed by atoms with Crippen molar-refractivity contribution in [2.24, 2.45) is 0 Å². The highest BCUT2D eigenvalue weighted by Crippen LogP contribution is 2.31. The molecule has 1 saturated heterocycles. The van der Waals surface area contributed by atoms with Crippen LogP contribution in [0.3, 0.4) is 0 Å². The third kappa shape index (κ3) is 3.36. The summed E-state index contributed by atoms with van der Waals surface area (Å²) in [5.74, 6) is -2.92. The Kier molecular flexibility index (Phi) is 4.42. The monoisotopic (exact) mass is 304 g/mol. The number of halogens is 3. The average Bonchev–Trinajstić information content (AvgIpc) is 2.58. The molecule has 1 aromatic heterocycles. The van der Waals surface area contributed by atoms with E-state index < -0.39 is 11.9 Å². The molecule has 0 amide bonds. The van der Waals surface area contributed by atoms with Crippen LogP contribution in [-0.2, 0) is 4.74 Å². The first kappa shape index (κ1) is 15.0. The maximum absolute atomic E-state index is 13.4. The fraction of sp³-hybridized carbons (Fsp3) is 0.538. The van der Waals surface area contributed by atoms with E-state index in [1.807, 2.05) is 0 Å². The molecule has 0 spiro atoms. The highest BCUT2D eigenvalue weighted by atomic mass is 35.5. The second-order valence-electron chi connectivity index (χ2n) is 4.69. The van der Waals surface area contributed by atoms with Crippen molar-refractivity contribution < 1.29 is 18.3 Å². The summed E-state index contributed by atoms with van der Waals surface area (Å²) >= 11 is 5.84. The molecule has 0 N–H and O–H groups in total. The van der Waals surface area contributed by atoms with Crippen molar-refractivity contribution in [1.29, 1.82) is 0 Å². The molecular weight excluding hydrogens is 290 g/mol. The summed E-state index contributed by atoms with van der Waals surface area (Å²) in [5.41, 5.74) is 0.238. The summed E-state index contributed by atoms with van der Waals surface area (Å²) in [6, 6.07) is 2.98. The van der Waals surface area contributed by atoms with Gasteiger partial charge in [-0.2, -0.15) is 0 Å². The maximum atomic E-state index is 13.4. The zero-order valence-electron chi connectivity index (χ0n) is 11.0. The van der Waals surface area contributed by atoms with Gasteiger partial charge in [-0.1, -0.05) is 11.6 Å². The maximum Gasteiger partial charge on any atom is 0.341 e. The molecule has 1 aliphatic heterocycles. The predicted octanol–water partition coefficient (Wildman–Crippen LogP) is 3.15. The summed E-state index contributed by atoms with van der Waals surface area (Å²) in [5, 5.41) is 0.212. The Labute approximate surface area is 120 Å². The summed E-state index contributed by atoms with van der Waals surface area (Å²) in [4.78, 5) is 17.5. The van der Waals surface area contributed by atoms with E-state index in [2.05, 4.69) is 9.72 Å². The van der Waals surface area contributed by atoms with Gasteiger partial charge in [0.15, 0.2) is 0 Å². The lowest BCUT2D eigenvalue weighted by molar-refractivity contribution is -0.0102. The standard InChI is InChI=1S/C13H15ClF2N2O2/c1-20-12(19)9-3-4-10(14)17-11(9)18-7-2-5-13(15,16)6-8-18/h3-4H,2,5-8H2,1H3. The van der Waals surface area contributed by atoms with Crippen LogP contribution in [0.1, 0.15) is 29.6 Å². The summed E-state index contributed by atoms with van der Waals surface area (Å²) in [7, 11) is 1.26. The lowest BCUT2D eigenvalue weighted by Gasteiger charge is -2.23. The summed E-state index contributed by atoms with van der Waals surface area (Å²) < 4.78 is 31.5. The number of nitrogens with zero attached hydrogens (tertiary/aromatic N) is 2. The minimum atomic E-state index is -2.67. The van der Waals surface area contributed by atoms with Gasteiger partial charge in [-0.25, -0.2) is 18.6 Å². The Morgan fingerprint density at radius 1 is 1.40 bits per heavy atom. The first-order valence-corrected chi connectivity index (χ1v) is 6.68. The van der Waals surface area contributed by atoms with Crippen molar-refractivity contribution in [1.82, 2.24) is 4.98 Å². The molecule has 7 heteroatoms. The number of methoxy groups -OCH3 is 1. The summed E-state index contributed by atoms with van der Waals surface area (Å²) in [6.45, 7) is 0.539. The van der Waals surface area contributed by atoms with Gasteiger partial charge in [0.25, 0.3) is 0 Å². The van der Waals surface area contributed by atoms with Crippen LogP contribution in [-0.4, -0.2) is 37.1 Å². The number of alkyl halides is 2. The number of carbonyl (C=O) groups excluding carboxylic acids is 1. The molecule has 20 heavy (non-hydrogen) atoms. The van der Waals surface area contributed by atoms with Crippen molar-refractivity contribution >= 4 is 23.4 Å². The quantitative estimate of drug-likeness (QED) is 0.622. The number of carbonyl (C=O) groups is 1. The van der Waals surface area contributed by atoms with Gasteiger partial charge in [-0.05, 0) is 18.6 Å². The fourth-order valence-electron chi connectivity index (χ4n) is 2.21. The Hall–Kier alpha value is -1.43. The van der Waals surface area contributed by atoms with Crippen LogP contribution in [0.2, 0.25) is 5.15 Å². The number of ether oxygens (including phenoxy) is 1. The van der Waals surface area contributed by atoms with Gasteiger partial charge in [0.1, 0.15) is 16.5 Å². The molecule has 4 nitrogen and oxygen atoms in total. The van der Waals surface area contributed by atoms with Crippen molar-refractivity contribution in [2.75, 3.05) is 25.1 Å². The number of hydrogen-bond acceptors (Lipinski definition) is 4. The predicted molar refractivity (Wildman–Crippen MR) is 71.6 cm³/mol. The minimum absolute atomic E-state index is 0.129. The van der Waals surface area contributed by atoms with E-state index >= 15 is 0 Å². The highest BCUT2D eigenvalue weighted by molar-refractivity contribution is 6.29. The van der Waals surface area contributed by atoms with Crippen LogP contribution in [0.4, 0.5) is 14.6 Å². The molecular formula is C13H15ClF2N2O2. The molecule has 0 aliphatic carbocycles. The lowest BCUT2D eigenvalue weighted by atomic mass is 10.1. The molecule has 110 valence electrons. The Balaban J connectivity index is 2.31. The Morgan fingerprint density at radius 3 is 2.85 bits per heavy atom. The van der Waals surface area contributed by atoms with Gasteiger partial charge in [0.05, 0.1) is 7.11 Å². The van der Waals surface area contributed by atoms with Crippen LogP contribution in [0.15, 0.2) is 12.1 Å². The molecule has 2 heterocycles. The number of esters is 1. The molecule has 0 atom stereocenters. The van der Waals surface area contributed by atoms with Gasteiger partial charge >= 0.3 is 5.97 Å². The fourth-order valence-corrected chi connectivity index (χ4v) is 2.35. The molecule has 0 aromatic carbocycles. The van der Waals surface area contributed by atoms with Crippen molar-refractivity contribution in [3.63, 3.8) is 0 Å². The molecule has 1 fully saturated rings. The van der Waals surface area contributed by atoms with Crippen molar-refractivity contribution in [3.05, 3.63) is 22.8 Å². The Bertz CT molecular complexity index is 511. The van der Waals surface area contributed by atoms with Gasteiger partial charge in [-0.3, -0.25) is 0 Å². The zero-order chi connectivity index (χ0) is 14.8. The molecule has 0 bridgehead atoms. The van der Waals surface area contributed by atoms with E-state index in [9.17, 15) is 13.6 Å². The minimum Gasteiger partial charge on any atom is -0.465 e. The normalized spacial score (nSPS) is 18.5. The van der Waals surface area contributed by atoms with E-state index in [1.54, 1.807) is 4.90 Å². The third-order valence-corrected chi connectivity index (χ3v) is 3.47. The first-order valence-electron chi connectivity index (χ1n) is 6.30. The number of rotatable bonds is 2. The Morgan fingerprint density at radius 2 is 2.15 bits per heavy atom. The second kappa shape index (κ2) is 5.91. The SMILES string of the molecule is COC(=O)c1ccc(Cl)nc1N1CCCC(F)(F)CC1. The van der Waals surface area contributed by atoms with Crippen LogP contribution in [0.25, 0.3) is 0 Å². The number of hydrogen-bond donors (Lipinski definition) is 0. The van der Waals surface area contributed by atoms with Crippen LogP contribution < -0.4 is 4.90 Å². The largest absolute Gasteiger partial charge is 0.465 e. The molecule has 0 radical (unpaired) electrons. The van der Waals surface area contributed by atoms with E-state index in [0.29, 0.717) is 18.8 Å². The van der Waals surface area contributed by atoms with Crippen molar-refractivity contribution in [3.8, 4) is 0 Å². The van der Waals surface area contributed by atoms with E-state index in [4.69, 9.17) is 11.6 Å². The summed E-state index contributed by atoms with van der Waals surface area (Å²) in [6.07, 6.45) is -0.0821. The van der Waals surface area contributed by atoms with Gasteiger partial charge < -0.3 is 9.64 Å². The zero-order valence-corrected chi connectivity index (χ0v) is 11.8. The van der Waals surface area contributed by atoms with Gasteiger partial charge in [0, 0.05) is 25.9 Å². The molecule has 2 rings (SSSR count). The van der Waals surface area contributed by atoms with E-state index in [-0.39, 0.29) is 30.1 Å². The number of aromatic nitrogens is 1. The second-order valence-corrected chi connectivity index (χ2v) is 5.08. The first-order chi connectivity index (χ1) is 9.43. The van der Waals surface area contributed by atoms with Gasteiger partial charge in [-0.15, -0.1) is 0 Å². The molecule has 1 aromatic rings. The molecule has 1 aliphatic rings. The molecule has 0 unspecified atom stereocenters. The van der Waals surface area contributed by atoms with Crippen LogP contribution >= 0.6 is 11.6 Å². The number of pyridine rings is 1. The topological polar surface area (TPSA) is 42.4 Å². The third-order valence-electron chi connectivity index (χ3n) is 3.26. The van der Waals surface area contributed by atoms with E-state index in [1.165, 1.54) is 19.2 Å². The number of anilines is 1. The van der Waals surface area contributed by atoms with E-state index in [0.717, 1.165) is 0 Å². The average molecular weight is 305 g/mol. The van der Waals surface area contributed by atoms with Crippen LogP contribution in [0.5, 0.6) is 0 Å². The lowest BCUT2D eigenvalue weighted by Crippen LogP contribution is -2.28.